The van der Waals surface area contributed by atoms with Gasteiger partial charge in [0.15, 0.2) is 5.78 Å². The van der Waals surface area contributed by atoms with Gasteiger partial charge in [0, 0.05) is 24.9 Å². The summed E-state index contributed by atoms with van der Waals surface area (Å²) in [4.78, 5) is 22.9. The Balaban J connectivity index is 1.77. The van der Waals surface area contributed by atoms with Crippen molar-refractivity contribution >= 4 is 29.0 Å². The maximum absolute atomic E-state index is 12.8. The maximum Gasteiger partial charge on any atom is 0.509 e. The lowest BCUT2D eigenvalue weighted by molar-refractivity contribution is -0.825. The summed E-state index contributed by atoms with van der Waals surface area (Å²) in [5, 5.41) is 3.76. The van der Waals surface area contributed by atoms with Crippen LogP contribution in [0.15, 0.2) is 36.4 Å². The highest BCUT2D eigenvalue weighted by atomic mass is 35.5. The third-order valence-corrected chi connectivity index (χ3v) is 5.46. The normalized spacial score (nSPS) is 16.7. The fraction of sp³-hybridized carbons (Fsp3) is 0.333. The smallest absolute Gasteiger partial charge is 0.380 e. The van der Waals surface area contributed by atoms with Crippen LogP contribution in [0.25, 0.3) is 0 Å². The molecule has 2 N–H and O–H groups in total. The number of quaternary nitrogens is 1. The molecule has 4 nitrogen and oxygen atoms in total. The number of alkyl halides is 3. The van der Waals surface area contributed by atoms with E-state index in [9.17, 15) is 22.8 Å². The molecule has 1 aliphatic rings. The number of hydrogen-bond acceptors (Lipinski definition) is 3. The Morgan fingerprint density at radius 3 is 2.34 bits per heavy atom. The minimum Gasteiger partial charge on any atom is -0.380 e. The molecular weight excluding hydrogens is 405 g/mol. The molecule has 0 radical (unpaired) electrons. The van der Waals surface area contributed by atoms with Crippen LogP contribution in [-0.2, 0) is 24.2 Å². The van der Waals surface area contributed by atoms with E-state index in [1.165, 1.54) is 6.92 Å². The van der Waals surface area contributed by atoms with Crippen LogP contribution in [0, 0.1) is 0 Å². The Kier molecular flexibility index (Phi) is 6.29. The van der Waals surface area contributed by atoms with E-state index in [0.717, 1.165) is 16.7 Å². The van der Waals surface area contributed by atoms with Crippen molar-refractivity contribution in [2.24, 2.45) is 0 Å². The number of fused-ring (bicyclic) bond motifs is 1. The molecule has 0 aromatic heterocycles. The molecule has 0 spiro atoms. The van der Waals surface area contributed by atoms with Gasteiger partial charge in [-0.2, -0.15) is 13.2 Å². The monoisotopic (exact) mass is 425 g/mol. The van der Waals surface area contributed by atoms with E-state index in [1.54, 1.807) is 18.2 Å². The highest BCUT2D eigenvalue weighted by Crippen LogP contribution is 2.31. The van der Waals surface area contributed by atoms with E-state index < -0.39 is 12.1 Å². The van der Waals surface area contributed by atoms with Crippen LogP contribution >= 0.6 is 11.6 Å². The van der Waals surface area contributed by atoms with Crippen LogP contribution < -0.4 is 10.2 Å². The van der Waals surface area contributed by atoms with Gasteiger partial charge in [0.25, 0.3) is 0 Å². The fourth-order valence-corrected chi connectivity index (χ4v) is 3.78. The number of Topliss-reactive ketones (excluding diaryl/α,β-unsaturated/α-hetero) is 1. The number of benzene rings is 2. The number of nitrogens with one attached hydrogen (secondary N) is 2. The lowest BCUT2D eigenvalue weighted by Crippen LogP contribution is -3.16. The number of anilines is 1. The van der Waals surface area contributed by atoms with Crippen molar-refractivity contribution in [1.82, 2.24) is 0 Å². The number of rotatable bonds is 4. The average molecular weight is 426 g/mol. The Morgan fingerprint density at radius 1 is 1.07 bits per heavy atom. The zero-order valence-electron chi connectivity index (χ0n) is 15.8. The summed E-state index contributed by atoms with van der Waals surface area (Å²) in [6.07, 6.45) is -4.15. The predicted molar refractivity (Wildman–Crippen MR) is 104 cm³/mol. The zero-order valence-corrected chi connectivity index (χ0v) is 16.6. The molecule has 2 aromatic rings. The van der Waals surface area contributed by atoms with Gasteiger partial charge in [-0.05, 0) is 29.7 Å². The van der Waals surface area contributed by atoms with Gasteiger partial charge in [0.05, 0.1) is 23.8 Å². The number of amides is 1. The van der Waals surface area contributed by atoms with Crippen LogP contribution in [0.4, 0.5) is 18.9 Å². The van der Waals surface area contributed by atoms with E-state index in [0.29, 0.717) is 35.7 Å². The lowest BCUT2D eigenvalue weighted by Gasteiger charge is -2.16. The van der Waals surface area contributed by atoms with E-state index in [4.69, 9.17) is 11.6 Å². The second-order valence-corrected chi connectivity index (χ2v) is 7.50. The van der Waals surface area contributed by atoms with Crippen molar-refractivity contribution < 1.29 is 27.7 Å². The number of carbonyl (C=O) groups is 2. The topological polar surface area (TPSA) is 50.6 Å². The van der Waals surface area contributed by atoms with Crippen molar-refractivity contribution in [2.75, 3.05) is 18.4 Å². The quantitative estimate of drug-likeness (QED) is 0.739. The molecule has 29 heavy (non-hydrogen) atoms. The first kappa shape index (κ1) is 21.3. The lowest BCUT2D eigenvalue weighted by atomic mass is 10.0. The third kappa shape index (κ3) is 4.97. The first-order valence-electron chi connectivity index (χ1n) is 9.27. The van der Waals surface area contributed by atoms with E-state index in [2.05, 4.69) is 5.32 Å². The summed E-state index contributed by atoms with van der Waals surface area (Å²) in [7, 11) is 0. The van der Waals surface area contributed by atoms with E-state index in [1.807, 2.05) is 18.2 Å². The van der Waals surface area contributed by atoms with Crippen LogP contribution in [0.1, 0.15) is 34.0 Å². The molecule has 0 saturated carbocycles. The molecule has 0 aliphatic carbocycles. The van der Waals surface area contributed by atoms with Crippen LogP contribution in [0.5, 0.6) is 0 Å². The molecule has 1 atom stereocenters. The molecule has 0 bridgehead atoms. The molecule has 2 aromatic carbocycles. The molecule has 154 valence electrons. The fourth-order valence-electron chi connectivity index (χ4n) is 3.54. The largest absolute Gasteiger partial charge is 0.509 e. The molecule has 1 aliphatic heterocycles. The first-order valence-corrected chi connectivity index (χ1v) is 9.65. The number of hydrogen-bond donors (Lipinski definition) is 2. The van der Waals surface area contributed by atoms with Gasteiger partial charge in [-0.3, -0.25) is 9.69 Å². The highest BCUT2D eigenvalue weighted by Gasteiger charge is 2.47. The minimum atomic E-state index is -4.84. The summed E-state index contributed by atoms with van der Waals surface area (Å²) < 4.78 is 38.4. The summed E-state index contributed by atoms with van der Waals surface area (Å²) in [5.41, 5.74) is 3.99. The van der Waals surface area contributed by atoms with Crippen molar-refractivity contribution in [1.29, 1.82) is 0 Å². The summed E-state index contributed by atoms with van der Waals surface area (Å²) >= 11 is 6.36. The summed E-state index contributed by atoms with van der Waals surface area (Å²) in [5.74, 6) is -1.74. The zero-order chi connectivity index (χ0) is 21.2. The Bertz CT molecular complexity index is 927. The van der Waals surface area contributed by atoms with Crippen LogP contribution in [0.2, 0.25) is 5.02 Å². The first-order chi connectivity index (χ1) is 13.7. The van der Waals surface area contributed by atoms with E-state index >= 15 is 0 Å². The standard InChI is InChI=1S/C21H20ClF3N2O2/c1-13(28)15-4-2-14(3-5-15)12-26-19-17-9-11-27(20(29)21(23,24)25)10-8-16(17)6-7-18(19)22/h2-7,26H,8-12H2,1H3/p+1. The summed E-state index contributed by atoms with van der Waals surface area (Å²) in [6.45, 7) is 2.11. The van der Waals surface area contributed by atoms with Gasteiger partial charge >= 0.3 is 12.1 Å². The molecule has 0 saturated heterocycles. The molecule has 8 heteroatoms. The summed E-state index contributed by atoms with van der Waals surface area (Å²) in [6, 6.07) is 10.7. The second kappa shape index (κ2) is 8.55. The average Bonchev–Trinajstić information content (AvgIpc) is 2.89. The van der Waals surface area contributed by atoms with Gasteiger partial charge in [0.1, 0.15) is 0 Å². The molecule has 1 amide bonds. The van der Waals surface area contributed by atoms with E-state index in [-0.39, 0.29) is 23.8 Å². The van der Waals surface area contributed by atoms with Crippen LogP contribution in [-0.4, -0.2) is 31.0 Å². The number of carbonyl (C=O) groups excluding carboxylic acids is 2. The van der Waals surface area contributed by atoms with Gasteiger partial charge < -0.3 is 5.32 Å². The van der Waals surface area contributed by atoms with Crippen LogP contribution in [0.3, 0.4) is 0 Å². The highest BCUT2D eigenvalue weighted by molar-refractivity contribution is 6.33. The predicted octanol–water partition coefficient (Wildman–Crippen LogP) is 3.23. The van der Waals surface area contributed by atoms with Crippen molar-refractivity contribution in [3.05, 3.63) is 63.7 Å². The Hall–Kier alpha value is -2.38. The van der Waals surface area contributed by atoms with Crippen molar-refractivity contribution in [3.8, 4) is 0 Å². The minimum absolute atomic E-state index is 0.0126. The third-order valence-electron chi connectivity index (χ3n) is 5.14. The Labute approximate surface area is 171 Å². The van der Waals surface area contributed by atoms with Gasteiger partial charge in [-0.15, -0.1) is 0 Å². The van der Waals surface area contributed by atoms with Crippen molar-refractivity contribution in [2.45, 2.75) is 32.5 Å². The molecular formula is C21H21ClF3N2O2+. The van der Waals surface area contributed by atoms with Gasteiger partial charge in [-0.25, -0.2) is 4.79 Å². The molecule has 1 heterocycles. The Morgan fingerprint density at radius 2 is 1.72 bits per heavy atom. The maximum atomic E-state index is 12.8. The second-order valence-electron chi connectivity index (χ2n) is 7.10. The van der Waals surface area contributed by atoms with Gasteiger partial charge in [-0.1, -0.05) is 41.9 Å². The molecule has 0 fully saturated rings. The number of ketones is 1. The van der Waals surface area contributed by atoms with Crippen molar-refractivity contribution in [3.63, 3.8) is 0 Å². The molecule has 1 unspecified atom stereocenters. The SMILES string of the molecule is CC(=O)c1ccc(CNc2c(Cl)ccc3c2CC[NH+](C(=O)C(F)(F)F)CC3)cc1. The van der Waals surface area contributed by atoms with Gasteiger partial charge in [0.2, 0.25) is 0 Å². The molecule has 3 rings (SSSR count). The number of halogens is 4.